The zero-order valence-electron chi connectivity index (χ0n) is 42.0. The van der Waals surface area contributed by atoms with Crippen molar-refractivity contribution in [2.45, 2.75) is 192 Å². The fourth-order valence-electron chi connectivity index (χ4n) is 7.21. The minimum Gasteiger partial charge on any atom is -0.462 e. The lowest BCUT2D eigenvalue weighted by Crippen LogP contribution is -2.36. The number of aliphatic hydroxyl groups is 3. The lowest BCUT2D eigenvalue weighted by Gasteiger charge is -2.21. The first kappa shape index (κ1) is 63.5. The Balaban J connectivity index is 1.84. The molecule has 1 aromatic heterocycles. The van der Waals surface area contributed by atoms with Crippen molar-refractivity contribution in [3.8, 4) is 0 Å². The zero-order chi connectivity index (χ0) is 52.3. The predicted octanol–water partition coefficient (Wildman–Crippen LogP) is 9.16. The predicted molar refractivity (Wildman–Crippen MR) is 271 cm³/mol. The van der Waals surface area contributed by atoms with Crippen molar-refractivity contribution in [2.24, 2.45) is 5.92 Å². The van der Waals surface area contributed by atoms with Gasteiger partial charge < -0.3 is 45.1 Å². The van der Waals surface area contributed by atoms with Crippen molar-refractivity contribution < 1.29 is 71.4 Å². The third-order valence-electron chi connectivity index (χ3n) is 11.1. The number of ether oxygens (including phenoxy) is 3. The van der Waals surface area contributed by atoms with E-state index in [4.69, 9.17) is 29.0 Å². The van der Waals surface area contributed by atoms with Crippen LogP contribution >= 0.6 is 15.6 Å². The summed E-state index contributed by atoms with van der Waals surface area (Å²) in [5, 5.41) is 31.0. The van der Waals surface area contributed by atoms with Gasteiger partial charge in [0, 0.05) is 19.0 Å². The van der Waals surface area contributed by atoms with Gasteiger partial charge >= 0.3 is 33.3 Å². The number of aromatic nitrogens is 2. The highest BCUT2D eigenvalue weighted by Gasteiger charge is 2.46. The summed E-state index contributed by atoms with van der Waals surface area (Å²) >= 11 is 0. The van der Waals surface area contributed by atoms with E-state index in [9.17, 15) is 48.6 Å². The first-order valence-corrected chi connectivity index (χ1v) is 28.3. The molecular formula is C50H83N3O16P2. The number of unbranched alkanes of at least 4 members (excludes halogenated alkanes) is 12. The van der Waals surface area contributed by atoms with Gasteiger partial charge in [-0.3, -0.25) is 23.2 Å². The van der Waals surface area contributed by atoms with Crippen molar-refractivity contribution in [3.05, 3.63) is 83.5 Å². The maximum absolute atomic E-state index is 12.9. The SMILES string of the molecule is CC/C=C\C/C=C\CC(O)/C=C/C=C\C/C=C\CCCC(=O)OC[C@H](COP(=O)(O)OP(=O)(O)OC[C@H]1O[C@@H](n2ccc(N)nc2=O)[C@H](O)[C@@H]1O)OC(=O)CCCCCCCCCCCCCCC(C)C. The van der Waals surface area contributed by atoms with Gasteiger partial charge in [0.15, 0.2) is 12.3 Å². The summed E-state index contributed by atoms with van der Waals surface area (Å²) in [5.74, 6) is -0.646. The Kier molecular flexibility index (Phi) is 33.3. The van der Waals surface area contributed by atoms with Crippen LogP contribution in [0.15, 0.2) is 77.8 Å². The molecule has 0 spiro atoms. The molecule has 2 rings (SSSR count). The Morgan fingerprint density at radius 2 is 1.39 bits per heavy atom. The van der Waals surface area contributed by atoms with Gasteiger partial charge in [0.05, 0.1) is 19.3 Å². The number of hydrogen-bond donors (Lipinski definition) is 6. The molecule has 0 bridgehead atoms. The third kappa shape index (κ3) is 30.9. The lowest BCUT2D eigenvalue weighted by atomic mass is 10.0. The molecule has 1 aliphatic rings. The van der Waals surface area contributed by atoms with Crippen LogP contribution in [0.1, 0.15) is 162 Å². The number of carbonyl (C=O) groups is 2. The highest BCUT2D eigenvalue weighted by atomic mass is 31.3. The van der Waals surface area contributed by atoms with Crippen molar-refractivity contribution in [1.29, 1.82) is 0 Å². The highest BCUT2D eigenvalue weighted by Crippen LogP contribution is 2.60. The van der Waals surface area contributed by atoms with Crippen LogP contribution in [0, 0.1) is 5.92 Å². The minimum atomic E-state index is -5.45. The van der Waals surface area contributed by atoms with Crippen molar-refractivity contribution >= 4 is 33.4 Å². The van der Waals surface area contributed by atoms with E-state index < -0.39 is 89.8 Å². The molecule has 0 radical (unpaired) electrons. The number of phosphoric ester groups is 2. The molecule has 404 valence electrons. The molecule has 3 unspecified atom stereocenters. The Bertz CT molecular complexity index is 1960. The molecule has 1 fully saturated rings. The number of hydrogen-bond acceptors (Lipinski definition) is 16. The van der Waals surface area contributed by atoms with Crippen LogP contribution in [0.2, 0.25) is 0 Å². The molecule has 71 heavy (non-hydrogen) atoms. The minimum absolute atomic E-state index is 0.0154. The molecular weight excluding hydrogens is 961 g/mol. The van der Waals surface area contributed by atoms with Crippen LogP contribution in [-0.2, 0) is 46.3 Å². The lowest BCUT2D eigenvalue weighted by molar-refractivity contribution is -0.161. The maximum atomic E-state index is 12.9. The molecule has 1 aromatic rings. The van der Waals surface area contributed by atoms with Crippen LogP contribution in [0.4, 0.5) is 5.82 Å². The van der Waals surface area contributed by atoms with Gasteiger partial charge in [-0.25, -0.2) is 13.9 Å². The average molecular weight is 1040 g/mol. The molecule has 0 saturated carbocycles. The second kappa shape index (κ2) is 37.2. The van der Waals surface area contributed by atoms with E-state index in [0.29, 0.717) is 32.1 Å². The number of phosphoric acid groups is 2. The van der Waals surface area contributed by atoms with Gasteiger partial charge in [-0.1, -0.05) is 159 Å². The summed E-state index contributed by atoms with van der Waals surface area (Å²) in [6, 6.07) is 1.24. The smallest absolute Gasteiger partial charge is 0.462 e. The Labute approximate surface area is 420 Å². The normalized spacial score (nSPS) is 20.2. The number of nitrogens with zero attached hydrogens (tertiary/aromatic N) is 2. The fourth-order valence-corrected chi connectivity index (χ4v) is 9.32. The van der Waals surface area contributed by atoms with Gasteiger partial charge in [0.2, 0.25) is 0 Å². The van der Waals surface area contributed by atoms with E-state index in [2.05, 4.69) is 42.2 Å². The summed E-state index contributed by atoms with van der Waals surface area (Å²) in [6.07, 6.45) is 30.6. The summed E-state index contributed by atoms with van der Waals surface area (Å²) in [7, 11) is -10.9. The highest BCUT2D eigenvalue weighted by molar-refractivity contribution is 7.61. The molecule has 2 heterocycles. The number of nitrogens with two attached hydrogens (primary N) is 1. The van der Waals surface area contributed by atoms with Crippen molar-refractivity contribution in [3.63, 3.8) is 0 Å². The Morgan fingerprint density at radius 3 is 2.06 bits per heavy atom. The zero-order valence-corrected chi connectivity index (χ0v) is 43.8. The topological polar surface area (TPSA) is 286 Å². The van der Waals surface area contributed by atoms with Crippen molar-refractivity contribution in [2.75, 3.05) is 25.6 Å². The summed E-state index contributed by atoms with van der Waals surface area (Å²) in [4.78, 5) is 61.9. The van der Waals surface area contributed by atoms with Gasteiger partial charge in [0.25, 0.3) is 0 Å². The largest absolute Gasteiger partial charge is 0.481 e. The van der Waals surface area contributed by atoms with E-state index in [-0.39, 0.29) is 18.7 Å². The number of esters is 2. The van der Waals surface area contributed by atoms with E-state index >= 15 is 0 Å². The number of carbonyl (C=O) groups excluding carboxylic acids is 2. The number of anilines is 1. The molecule has 0 amide bonds. The summed E-state index contributed by atoms with van der Waals surface area (Å²) < 4.78 is 56.7. The molecule has 1 saturated heterocycles. The number of nitrogen functional groups attached to an aromatic ring is 1. The van der Waals surface area contributed by atoms with E-state index in [0.717, 1.165) is 55.2 Å². The van der Waals surface area contributed by atoms with E-state index in [1.165, 1.54) is 57.4 Å². The first-order valence-electron chi connectivity index (χ1n) is 25.3. The first-order chi connectivity index (χ1) is 33.9. The Morgan fingerprint density at radius 1 is 0.789 bits per heavy atom. The molecule has 8 atom stereocenters. The van der Waals surface area contributed by atoms with Gasteiger partial charge in [-0.15, -0.1) is 0 Å². The van der Waals surface area contributed by atoms with Gasteiger partial charge in [0.1, 0.15) is 30.7 Å². The average Bonchev–Trinajstić information content (AvgIpc) is 3.59. The summed E-state index contributed by atoms with van der Waals surface area (Å²) in [5.41, 5.74) is 4.58. The standard InChI is InChI=1S/C50H83N3O16P2/c1-4-5-6-7-21-26-31-41(54)32-27-22-17-14-15-18-23-28-33-45(55)64-37-42(67-46(56)34-29-24-19-13-11-9-8-10-12-16-20-25-30-40(2)3)38-65-70(60,61)69-71(62,63)66-39-43-47(57)48(58)49(68-43)53-36-35-44(51)52-50(53)59/h5-6,15,17-18,21-22,26-27,32,35-36,40-43,47-49,54,57-58H,4,7-14,16,19-20,23-25,28-31,33-34,37-39H2,1-3H3,(H,60,61)(H,62,63)(H2,51,52,59)/b6-5-,18-15-,22-17-,26-21-,32-27+/t41?,42-,43-,47-,48-,49-/m1/s1. The van der Waals surface area contributed by atoms with Crippen LogP contribution in [0.5, 0.6) is 0 Å². The maximum Gasteiger partial charge on any atom is 0.481 e. The number of aliphatic hydroxyl groups excluding tert-OH is 3. The van der Waals surface area contributed by atoms with Crippen LogP contribution in [0.3, 0.4) is 0 Å². The van der Waals surface area contributed by atoms with Gasteiger partial charge in [-0.2, -0.15) is 9.29 Å². The van der Waals surface area contributed by atoms with Crippen LogP contribution in [-0.4, -0.2) is 96.9 Å². The third-order valence-corrected chi connectivity index (χ3v) is 13.7. The van der Waals surface area contributed by atoms with Gasteiger partial charge in [-0.05, 0) is 56.9 Å². The number of allylic oxidation sites excluding steroid dienone is 8. The molecule has 1 aliphatic heterocycles. The van der Waals surface area contributed by atoms with Crippen LogP contribution < -0.4 is 11.4 Å². The monoisotopic (exact) mass is 1040 g/mol. The molecule has 21 heteroatoms. The second-order valence-electron chi connectivity index (χ2n) is 18.0. The second-order valence-corrected chi connectivity index (χ2v) is 21.0. The summed E-state index contributed by atoms with van der Waals surface area (Å²) in [6.45, 7) is 4.20. The van der Waals surface area contributed by atoms with Crippen molar-refractivity contribution in [1.82, 2.24) is 9.55 Å². The number of rotatable bonds is 40. The quantitative estimate of drug-likeness (QED) is 0.0117. The van der Waals surface area contributed by atoms with E-state index in [1.54, 1.807) is 12.2 Å². The molecule has 0 aromatic carbocycles. The molecule has 7 N–H and O–H groups in total. The molecule has 0 aliphatic carbocycles. The molecule has 19 nitrogen and oxygen atoms in total. The van der Waals surface area contributed by atoms with Crippen LogP contribution in [0.25, 0.3) is 0 Å². The fraction of sp³-hybridized carbons (Fsp3) is 0.680. The Hall–Kier alpha value is -3.58. The van der Waals surface area contributed by atoms with E-state index in [1.807, 2.05) is 36.5 Å².